The second-order valence-electron chi connectivity index (χ2n) is 4.67. The maximum Gasteiger partial charge on any atom is 0.264 e. The summed E-state index contributed by atoms with van der Waals surface area (Å²) in [6.07, 6.45) is 1.05. The smallest absolute Gasteiger partial charge is 0.264 e. The van der Waals surface area contributed by atoms with Crippen LogP contribution in [0.2, 0.25) is 0 Å². The molecule has 1 unspecified atom stereocenters. The largest absolute Gasteiger partial charge is 0.336 e. The van der Waals surface area contributed by atoms with Gasteiger partial charge in [-0.25, -0.2) is 0 Å². The van der Waals surface area contributed by atoms with E-state index in [2.05, 4.69) is 17.4 Å². The average molecular weight is 260 g/mol. The average Bonchev–Trinajstić information content (AvgIpc) is 3.04. The van der Waals surface area contributed by atoms with Crippen LogP contribution in [-0.2, 0) is 0 Å². The SMILES string of the molecule is CNC1CCN(C(=O)c2cc3ccccc3s2)C1. The first-order valence-corrected chi connectivity index (χ1v) is 7.04. The highest BCUT2D eigenvalue weighted by Crippen LogP contribution is 2.27. The second kappa shape index (κ2) is 4.71. The van der Waals surface area contributed by atoms with Crippen molar-refractivity contribution in [2.75, 3.05) is 20.1 Å². The van der Waals surface area contributed by atoms with Crippen LogP contribution in [0.25, 0.3) is 10.1 Å². The van der Waals surface area contributed by atoms with Gasteiger partial charge in [0.25, 0.3) is 5.91 Å². The van der Waals surface area contributed by atoms with E-state index in [0.29, 0.717) is 6.04 Å². The minimum atomic E-state index is 0.175. The van der Waals surface area contributed by atoms with Crippen LogP contribution in [0.4, 0.5) is 0 Å². The van der Waals surface area contributed by atoms with Crippen molar-refractivity contribution in [2.45, 2.75) is 12.5 Å². The number of hydrogen-bond acceptors (Lipinski definition) is 3. The van der Waals surface area contributed by atoms with Crippen molar-refractivity contribution in [2.24, 2.45) is 0 Å². The number of amides is 1. The van der Waals surface area contributed by atoms with Gasteiger partial charge in [-0.05, 0) is 31.0 Å². The highest BCUT2D eigenvalue weighted by molar-refractivity contribution is 7.20. The zero-order valence-corrected chi connectivity index (χ0v) is 11.2. The summed E-state index contributed by atoms with van der Waals surface area (Å²) in [5, 5.41) is 4.40. The molecular formula is C14H16N2OS. The summed E-state index contributed by atoms with van der Waals surface area (Å²) in [5.74, 6) is 0.175. The molecule has 3 nitrogen and oxygen atoms in total. The normalized spacial score (nSPS) is 19.6. The van der Waals surface area contributed by atoms with Gasteiger partial charge in [0.05, 0.1) is 4.88 Å². The van der Waals surface area contributed by atoms with Gasteiger partial charge in [0.1, 0.15) is 0 Å². The van der Waals surface area contributed by atoms with Gasteiger partial charge in [-0.1, -0.05) is 18.2 Å². The topological polar surface area (TPSA) is 32.3 Å². The van der Waals surface area contributed by atoms with Gasteiger partial charge in [0.15, 0.2) is 0 Å². The molecule has 1 aliphatic heterocycles. The number of benzene rings is 1. The lowest BCUT2D eigenvalue weighted by atomic mass is 10.2. The molecule has 2 heterocycles. The van der Waals surface area contributed by atoms with Crippen LogP contribution in [0.15, 0.2) is 30.3 Å². The van der Waals surface area contributed by atoms with E-state index < -0.39 is 0 Å². The summed E-state index contributed by atoms with van der Waals surface area (Å²) in [7, 11) is 1.96. The number of carbonyl (C=O) groups excluding carboxylic acids is 1. The highest BCUT2D eigenvalue weighted by atomic mass is 32.1. The zero-order chi connectivity index (χ0) is 12.5. The fraction of sp³-hybridized carbons (Fsp3) is 0.357. The van der Waals surface area contributed by atoms with E-state index >= 15 is 0 Å². The summed E-state index contributed by atoms with van der Waals surface area (Å²) in [6.45, 7) is 1.68. The third-order valence-corrected chi connectivity index (χ3v) is 4.62. The first-order valence-electron chi connectivity index (χ1n) is 6.23. The van der Waals surface area contributed by atoms with Gasteiger partial charge in [0.2, 0.25) is 0 Å². The monoisotopic (exact) mass is 260 g/mol. The molecule has 1 amide bonds. The van der Waals surface area contributed by atoms with Crippen molar-refractivity contribution >= 4 is 27.3 Å². The quantitative estimate of drug-likeness (QED) is 0.899. The van der Waals surface area contributed by atoms with Gasteiger partial charge >= 0.3 is 0 Å². The Hall–Kier alpha value is -1.39. The molecule has 0 aliphatic carbocycles. The number of carbonyl (C=O) groups is 1. The second-order valence-corrected chi connectivity index (χ2v) is 5.76. The van der Waals surface area contributed by atoms with Crippen molar-refractivity contribution < 1.29 is 4.79 Å². The van der Waals surface area contributed by atoms with Gasteiger partial charge in [-0.15, -0.1) is 11.3 Å². The molecule has 2 aromatic rings. The zero-order valence-electron chi connectivity index (χ0n) is 10.3. The molecule has 1 N–H and O–H groups in total. The number of thiophene rings is 1. The van der Waals surface area contributed by atoms with Crippen LogP contribution in [0, 0.1) is 0 Å². The molecule has 1 aliphatic rings. The van der Waals surface area contributed by atoms with Gasteiger partial charge in [-0.2, -0.15) is 0 Å². The van der Waals surface area contributed by atoms with E-state index in [9.17, 15) is 4.79 Å². The van der Waals surface area contributed by atoms with Crippen molar-refractivity contribution in [3.63, 3.8) is 0 Å². The molecule has 1 aromatic heterocycles. The molecule has 0 radical (unpaired) electrons. The van der Waals surface area contributed by atoms with Gasteiger partial charge in [0, 0.05) is 23.8 Å². The molecule has 1 atom stereocenters. The van der Waals surface area contributed by atoms with Crippen molar-refractivity contribution in [1.29, 1.82) is 0 Å². The molecule has 0 bridgehead atoms. The van der Waals surface area contributed by atoms with Crippen LogP contribution in [0.5, 0.6) is 0 Å². The maximum absolute atomic E-state index is 12.4. The van der Waals surface area contributed by atoms with Crippen molar-refractivity contribution in [3.8, 4) is 0 Å². The molecule has 0 spiro atoms. The van der Waals surface area contributed by atoms with E-state index in [1.807, 2.05) is 30.1 Å². The molecule has 94 valence electrons. The third kappa shape index (κ3) is 2.02. The molecule has 1 aromatic carbocycles. The van der Waals surface area contributed by atoms with E-state index in [4.69, 9.17) is 0 Å². The summed E-state index contributed by atoms with van der Waals surface area (Å²) in [6, 6.07) is 10.6. The Balaban J connectivity index is 1.84. The predicted molar refractivity (Wildman–Crippen MR) is 75.2 cm³/mol. The van der Waals surface area contributed by atoms with Crippen LogP contribution in [0.1, 0.15) is 16.1 Å². The fourth-order valence-corrected chi connectivity index (χ4v) is 3.45. The number of nitrogens with one attached hydrogen (secondary N) is 1. The van der Waals surface area contributed by atoms with E-state index in [-0.39, 0.29) is 5.91 Å². The van der Waals surface area contributed by atoms with Crippen LogP contribution < -0.4 is 5.32 Å². The summed E-state index contributed by atoms with van der Waals surface area (Å²) < 4.78 is 1.19. The lowest BCUT2D eigenvalue weighted by Crippen LogP contribution is -2.33. The van der Waals surface area contributed by atoms with Crippen LogP contribution >= 0.6 is 11.3 Å². The Bertz CT molecular complexity index is 545. The number of fused-ring (bicyclic) bond motifs is 1. The molecular weight excluding hydrogens is 244 g/mol. The van der Waals surface area contributed by atoms with Gasteiger partial charge in [-0.3, -0.25) is 4.79 Å². The Morgan fingerprint density at radius 3 is 3.00 bits per heavy atom. The molecule has 4 heteroatoms. The molecule has 0 saturated carbocycles. The van der Waals surface area contributed by atoms with Crippen LogP contribution in [0.3, 0.4) is 0 Å². The minimum absolute atomic E-state index is 0.175. The lowest BCUT2D eigenvalue weighted by Gasteiger charge is -2.15. The maximum atomic E-state index is 12.4. The standard InChI is InChI=1S/C14H16N2OS/c1-15-11-6-7-16(9-11)14(17)13-8-10-4-2-3-5-12(10)18-13/h2-5,8,11,15H,6-7,9H2,1H3. The molecule has 3 rings (SSSR count). The highest BCUT2D eigenvalue weighted by Gasteiger charge is 2.26. The number of likely N-dealkylation sites (N-methyl/N-ethyl adjacent to an activating group) is 1. The van der Waals surface area contributed by atoms with Crippen molar-refractivity contribution in [1.82, 2.24) is 10.2 Å². The fourth-order valence-electron chi connectivity index (χ4n) is 2.42. The first-order chi connectivity index (χ1) is 8.78. The number of hydrogen-bond donors (Lipinski definition) is 1. The predicted octanol–water partition coefficient (Wildman–Crippen LogP) is 2.34. The lowest BCUT2D eigenvalue weighted by molar-refractivity contribution is 0.0794. The number of likely N-dealkylation sites (tertiary alicyclic amines) is 1. The molecule has 1 saturated heterocycles. The van der Waals surface area contributed by atoms with Crippen LogP contribution in [-0.4, -0.2) is 37.0 Å². The van der Waals surface area contributed by atoms with Crippen molar-refractivity contribution in [3.05, 3.63) is 35.2 Å². The number of nitrogens with zero attached hydrogens (tertiary/aromatic N) is 1. The summed E-state index contributed by atoms with van der Waals surface area (Å²) in [5.41, 5.74) is 0. The minimum Gasteiger partial charge on any atom is -0.336 e. The summed E-state index contributed by atoms with van der Waals surface area (Å²) >= 11 is 1.59. The van der Waals surface area contributed by atoms with E-state index in [1.54, 1.807) is 11.3 Å². The van der Waals surface area contributed by atoms with E-state index in [0.717, 1.165) is 29.8 Å². The number of rotatable bonds is 2. The van der Waals surface area contributed by atoms with Gasteiger partial charge < -0.3 is 10.2 Å². The Morgan fingerprint density at radius 2 is 2.28 bits per heavy atom. The Kier molecular flexibility index (Phi) is 3.06. The Morgan fingerprint density at radius 1 is 1.44 bits per heavy atom. The first kappa shape index (κ1) is 11.7. The summed E-state index contributed by atoms with van der Waals surface area (Å²) in [4.78, 5) is 15.2. The third-order valence-electron chi connectivity index (χ3n) is 3.52. The molecule has 1 fully saturated rings. The molecule has 18 heavy (non-hydrogen) atoms. The van der Waals surface area contributed by atoms with E-state index in [1.165, 1.54) is 4.70 Å². The Labute approximate surface area is 110 Å².